The Labute approximate surface area is 92.7 Å². The van der Waals surface area contributed by atoms with Crippen molar-refractivity contribution in [1.82, 2.24) is 14.6 Å². The molecule has 0 saturated carbocycles. The minimum Gasteiger partial charge on any atom is -0.481 e. The predicted octanol–water partition coefficient (Wildman–Crippen LogP) is 1.48. The summed E-state index contributed by atoms with van der Waals surface area (Å²) in [6.45, 7) is 3.64. The molecular weight excluding hydrogens is 206 g/mol. The Morgan fingerprint density at radius 1 is 1.56 bits per heavy atom. The molecule has 2 aromatic heterocycles. The monoisotopic (exact) mass is 219 g/mol. The Hall–Kier alpha value is -1.91. The van der Waals surface area contributed by atoms with Crippen LogP contribution >= 0.6 is 0 Å². The van der Waals surface area contributed by atoms with Crippen molar-refractivity contribution in [3.8, 4) is 0 Å². The van der Waals surface area contributed by atoms with Gasteiger partial charge < -0.3 is 5.11 Å². The minimum atomic E-state index is -0.853. The number of aliphatic carboxylic acids is 1. The van der Waals surface area contributed by atoms with Crippen LogP contribution < -0.4 is 0 Å². The fourth-order valence-corrected chi connectivity index (χ4v) is 1.70. The van der Waals surface area contributed by atoms with Crippen LogP contribution in [0.3, 0.4) is 0 Å². The Balaban J connectivity index is 2.63. The number of aromatic nitrogens is 3. The molecule has 0 aromatic carbocycles. The highest BCUT2D eigenvalue weighted by Crippen LogP contribution is 2.20. The average molecular weight is 219 g/mol. The summed E-state index contributed by atoms with van der Waals surface area (Å²) >= 11 is 0. The quantitative estimate of drug-likeness (QED) is 0.849. The Bertz CT molecular complexity index is 533. The Kier molecular flexibility index (Phi) is 2.60. The molecule has 0 spiro atoms. The van der Waals surface area contributed by atoms with Crippen molar-refractivity contribution in [2.45, 2.75) is 26.2 Å². The van der Waals surface area contributed by atoms with E-state index in [9.17, 15) is 4.79 Å². The molecule has 2 rings (SSSR count). The molecule has 0 radical (unpaired) electrons. The molecule has 5 nitrogen and oxygen atoms in total. The fraction of sp³-hybridized carbons (Fsp3) is 0.364. The van der Waals surface area contributed by atoms with Gasteiger partial charge in [0.05, 0.1) is 5.92 Å². The van der Waals surface area contributed by atoms with Gasteiger partial charge in [-0.3, -0.25) is 9.20 Å². The van der Waals surface area contributed by atoms with Gasteiger partial charge in [0.2, 0.25) is 0 Å². The van der Waals surface area contributed by atoms with E-state index in [-0.39, 0.29) is 0 Å². The lowest BCUT2D eigenvalue weighted by molar-refractivity contribution is -0.138. The van der Waals surface area contributed by atoms with E-state index in [1.54, 1.807) is 13.0 Å². The molecule has 1 N–H and O–H groups in total. The lowest BCUT2D eigenvalue weighted by Gasteiger charge is -2.07. The van der Waals surface area contributed by atoms with Crippen molar-refractivity contribution in [1.29, 1.82) is 0 Å². The second-order valence-corrected chi connectivity index (χ2v) is 3.69. The van der Waals surface area contributed by atoms with Gasteiger partial charge in [0, 0.05) is 18.2 Å². The summed E-state index contributed by atoms with van der Waals surface area (Å²) in [7, 11) is 0. The van der Waals surface area contributed by atoms with Gasteiger partial charge in [-0.2, -0.15) is 0 Å². The molecule has 0 bridgehead atoms. The predicted molar refractivity (Wildman–Crippen MR) is 58.4 cm³/mol. The zero-order valence-electron chi connectivity index (χ0n) is 9.21. The van der Waals surface area contributed by atoms with Crippen LogP contribution in [0.1, 0.15) is 31.2 Å². The first kappa shape index (κ1) is 10.6. The number of carbonyl (C=O) groups is 1. The molecule has 0 aliphatic heterocycles. The van der Waals surface area contributed by atoms with E-state index in [1.807, 2.05) is 23.6 Å². The molecule has 0 fully saturated rings. The summed E-state index contributed by atoms with van der Waals surface area (Å²) in [5.41, 5.74) is 1.33. The van der Waals surface area contributed by atoms with Crippen molar-refractivity contribution in [3.63, 3.8) is 0 Å². The standard InChI is InChI=1S/C11H13N3O2/c1-3-9-12-13-10-8(7(2)11(15)16)5-4-6-14(9)10/h4-7H,3H2,1-2H3,(H,15,16). The smallest absolute Gasteiger partial charge is 0.310 e. The molecule has 0 amide bonds. The maximum absolute atomic E-state index is 11.0. The second-order valence-electron chi connectivity index (χ2n) is 3.69. The molecule has 0 saturated heterocycles. The van der Waals surface area contributed by atoms with E-state index in [0.717, 1.165) is 12.2 Å². The minimum absolute atomic E-state index is 0.572. The van der Waals surface area contributed by atoms with Gasteiger partial charge in [0.1, 0.15) is 5.82 Å². The zero-order valence-corrected chi connectivity index (χ0v) is 9.21. The SMILES string of the molecule is CCc1nnc2c(C(C)C(=O)O)cccn12. The lowest BCUT2D eigenvalue weighted by atomic mass is 10.0. The number of rotatable bonds is 3. The van der Waals surface area contributed by atoms with Crippen LogP contribution in [0.5, 0.6) is 0 Å². The van der Waals surface area contributed by atoms with Crippen molar-refractivity contribution in [2.75, 3.05) is 0 Å². The van der Waals surface area contributed by atoms with Gasteiger partial charge in [-0.15, -0.1) is 10.2 Å². The van der Waals surface area contributed by atoms with E-state index in [4.69, 9.17) is 5.11 Å². The van der Waals surface area contributed by atoms with Gasteiger partial charge in [0.25, 0.3) is 0 Å². The molecule has 16 heavy (non-hydrogen) atoms. The molecule has 1 atom stereocenters. The topological polar surface area (TPSA) is 67.5 Å². The van der Waals surface area contributed by atoms with Gasteiger partial charge in [-0.25, -0.2) is 0 Å². The van der Waals surface area contributed by atoms with Crippen LogP contribution in [0.25, 0.3) is 5.65 Å². The summed E-state index contributed by atoms with van der Waals surface area (Å²) in [6.07, 6.45) is 2.62. The molecule has 2 aromatic rings. The number of pyridine rings is 1. The third-order valence-corrected chi connectivity index (χ3v) is 2.69. The van der Waals surface area contributed by atoms with E-state index >= 15 is 0 Å². The van der Waals surface area contributed by atoms with Crippen molar-refractivity contribution < 1.29 is 9.90 Å². The van der Waals surface area contributed by atoms with E-state index in [2.05, 4.69) is 10.2 Å². The number of hydrogen-bond donors (Lipinski definition) is 1. The molecule has 0 aliphatic rings. The van der Waals surface area contributed by atoms with Crippen LogP contribution in [0, 0.1) is 0 Å². The number of nitrogens with zero attached hydrogens (tertiary/aromatic N) is 3. The third kappa shape index (κ3) is 1.54. The largest absolute Gasteiger partial charge is 0.481 e. The summed E-state index contributed by atoms with van der Waals surface area (Å²) in [6, 6.07) is 3.60. The number of carboxylic acid groups (broad SMARTS) is 1. The number of carboxylic acids is 1. The van der Waals surface area contributed by atoms with Crippen LogP contribution in [0.2, 0.25) is 0 Å². The lowest BCUT2D eigenvalue weighted by Crippen LogP contribution is -2.09. The van der Waals surface area contributed by atoms with Crippen LogP contribution in [0.15, 0.2) is 18.3 Å². The summed E-state index contributed by atoms with van der Waals surface area (Å²) in [5.74, 6) is -0.582. The van der Waals surface area contributed by atoms with E-state index < -0.39 is 11.9 Å². The molecule has 84 valence electrons. The normalized spacial score (nSPS) is 12.9. The zero-order chi connectivity index (χ0) is 11.7. The molecular formula is C11H13N3O2. The van der Waals surface area contributed by atoms with Gasteiger partial charge in [-0.1, -0.05) is 13.0 Å². The van der Waals surface area contributed by atoms with Gasteiger partial charge in [0.15, 0.2) is 5.65 Å². The highest BCUT2D eigenvalue weighted by molar-refractivity contribution is 5.78. The van der Waals surface area contributed by atoms with E-state index in [1.165, 1.54) is 0 Å². The maximum Gasteiger partial charge on any atom is 0.310 e. The summed E-state index contributed by atoms with van der Waals surface area (Å²) in [5, 5.41) is 17.1. The van der Waals surface area contributed by atoms with E-state index in [0.29, 0.717) is 11.2 Å². The second kappa shape index (κ2) is 3.92. The first-order valence-corrected chi connectivity index (χ1v) is 5.20. The number of fused-ring (bicyclic) bond motifs is 1. The van der Waals surface area contributed by atoms with Crippen LogP contribution in [-0.4, -0.2) is 25.7 Å². The Morgan fingerprint density at radius 3 is 2.94 bits per heavy atom. The van der Waals surface area contributed by atoms with Crippen LogP contribution in [0.4, 0.5) is 0 Å². The fourth-order valence-electron chi connectivity index (χ4n) is 1.70. The Morgan fingerprint density at radius 2 is 2.31 bits per heavy atom. The van der Waals surface area contributed by atoms with Gasteiger partial charge >= 0.3 is 5.97 Å². The first-order valence-electron chi connectivity index (χ1n) is 5.20. The number of aryl methyl sites for hydroxylation is 1. The molecule has 0 aliphatic carbocycles. The van der Waals surface area contributed by atoms with Crippen LogP contribution in [-0.2, 0) is 11.2 Å². The molecule has 5 heteroatoms. The average Bonchev–Trinajstić information content (AvgIpc) is 2.70. The summed E-state index contributed by atoms with van der Waals surface area (Å²) in [4.78, 5) is 11.0. The van der Waals surface area contributed by atoms with Crippen molar-refractivity contribution >= 4 is 11.6 Å². The highest BCUT2D eigenvalue weighted by atomic mass is 16.4. The first-order chi connectivity index (χ1) is 7.65. The maximum atomic E-state index is 11.0. The van der Waals surface area contributed by atoms with Crippen molar-refractivity contribution in [2.24, 2.45) is 0 Å². The van der Waals surface area contributed by atoms with Crippen molar-refractivity contribution in [3.05, 3.63) is 29.7 Å². The summed E-state index contributed by atoms with van der Waals surface area (Å²) < 4.78 is 1.84. The third-order valence-electron chi connectivity index (χ3n) is 2.69. The van der Waals surface area contributed by atoms with Gasteiger partial charge in [-0.05, 0) is 13.0 Å². The highest BCUT2D eigenvalue weighted by Gasteiger charge is 2.18. The molecule has 2 heterocycles. The number of hydrogen-bond acceptors (Lipinski definition) is 3. The molecule has 1 unspecified atom stereocenters.